The molecule has 8 heteroatoms. The summed E-state index contributed by atoms with van der Waals surface area (Å²) in [7, 11) is 3.66. The molecule has 0 aliphatic heterocycles. The van der Waals surface area contributed by atoms with Crippen LogP contribution in [0.1, 0.15) is 35.7 Å². The van der Waals surface area contributed by atoms with Crippen molar-refractivity contribution < 1.29 is 14.3 Å². The lowest BCUT2D eigenvalue weighted by Crippen LogP contribution is -2.14. The molecule has 2 heterocycles. The predicted octanol–water partition coefficient (Wildman–Crippen LogP) is 2.84. The molecule has 0 spiro atoms. The fourth-order valence-corrected chi connectivity index (χ4v) is 2.57. The van der Waals surface area contributed by atoms with Gasteiger partial charge in [-0.15, -0.1) is 0 Å². The van der Waals surface area contributed by atoms with Crippen LogP contribution in [-0.4, -0.2) is 44.9 Å². The van der Waals surface area contributed by atoms with Gasteiger partial charge < -0.3 is 10.0 Å². The van der Waals surface area contributed by atoms with Gasteiger partial charge in [0.05, 0.1) is 17.3 Å². The van der Waals surface area contributed by atoms with E-state index in [4.69, 9.17) is 5.11 Å². The second-order valence-electron chi connectivity index (χ2n) is 6.27. The smallest absolute Gasteiger partial charge is 0.338 e. The molecule has 130 valence electrons. The third-order valence-electron chi connectivity index (χ3n) is 3.86. The number of benzene rings is 1. The van der Waals surface area contributed by atoms with Crippen LogP contribution in [0.4, 0.5) is 10.2 Å². The Labute approximate surface area is 143 Å². The monoisotopic (exact) mass is 343 g/mol. The van der Waals surface area contributed by atoms with Crippen molar-refractivity contribution in [1.29, 1.82) is 0 Å². The normalized spacial score (nSPS) is 11.3. The minimum Gasteiger partial charge on any atom is -0.478 e. The molecule has 0 fully saturated rings. The van der Waals surface area contributed by atoms with E-state index in [-0.39, 0.29) is 23.2 Å². The Morgan fingerprint density at radius 2 is 2.00 bits per heavy atom. The SMILES string of the molecule is CC(C)c1cc2c(N(C)C)nc(-n3cc(C(=O)O)cn3)nc2cc1F. The fourth-order valence-electron chi connectivity index (χ4n) is 2.57. The van der Waals surface area contributed by atoms with E-state index in [0.717, 1.165) is 5.39 Å². The molecule has 3 aromatic rings. The van der Waals surface area contributed by atoms with Gasteiger partial charge in [-0.2, -0.15) is 10.1 Å². The molecule has 0 radical (unpaired) electrons. The highest BCUT2D eigenvalue weighted by Crippen LogP contribution is 2.29. The Hall–Kier alpha value is -3.03. The van der Waals surface area contributed by atoms with E-state index in [1.54, 1.807) is 11.0 Å². The van der Waals surface area contributed by atoms with Crippen LogP contribution in [0.5, 0.6) is 0 Å². The molecular formula is C17H18FN5O2. The van der Waals surface area contributed by atoms with Crippen molar-refractivity contribution in [3.8, 4) is 5.95 Å². The summed E-state index contributed by atoms with van der Waals surface area (Å²) in [6, 6.07) is 3.14. The highest BCUT2D eigenvalue weighted by atomic mass is 19.1. The summed E-state index contributed by atoms with van der Waals surface area (Å²) in [5.74, 6) is -0.603. The Morgan fingerprint density at radius 3 is 2.56 bits per heavy atom. The van der Waals surface area contributed by atoms with Crippen LogP contribution < -0.4 is 4.90 Å². The summed E-state index contributed by atoms with van der Waals surface area (Å²) < 4.78 is 15.6. The molecule has 0 aliphatic rings. The number of fused-ring (bicyclic) bond motifs is 1. The predicted molar refractivity (Wildman–Crippen MR) is 92.0 cm³/mol. The number of rotatable bonds is 4. The molecule has 0 amide bonds. The topological polar surface area (TPSA) is 84.1 Å². The van der Waals surface area contributed by atoms with Gasteiger partial charge in [0.2, 0.25) is 0 Å². The number of aromatic nitrogens is 4. The fraction of sp³-hybridized carbons (Fsp3) is 0.294. The van der Waals surface area contributed by atoms with E-state index >= 15 is 0 Å². The molecular weight excluding hydrogens is 325 g/mol. The number of carboxylic acid groups (broad SMARTS) is 1. The summed E-state index contributed by atoms with van der Waals surface area (Å²) in [6.45, 7) is 3.85. The first-order chi connectivity index (χ1) is 11.8. The standard InChI is InChI=1S/C17H18FN5O2/c1-9(2)11-5-12-14(6-13(11)18)20-17(21-15(12)22(3)4)23-8-10(7-19-23)16(24)25/h5-9H,1-4H3,(H,24,25). The zero-order valence-corrected chi connectivity index (χ0v) is 14.4. The van der Waals surface area contributed by atoms with Crippen molar-refractivity contribution in [1.82, 2.24) is 19.7 Å². The largest absolute Gasteiger partial charge is 0.478 e. The van der Waals surface area contributed by atoms with Crippen molar-refractivity contribution in [2.24, 2.45) is 0 Å². The van der Waals surface area contributed by atoms with Gasteiger partial charge in [-0.05, 0) is 17.5 Å². The van der Waals surface area contributed by atoms with Crippen molar-refractivity contribution in [3.63, 3.8) is 0 Å². The van der Waals surface area contributed by atoms with Crippen LogP contribution in [0.25, 0.3) is 16.9 Å². The third kappa shape index (κ3) is 3.02. The van der Waals surface area contributed by atoms with Crippen LogP contribution >= 0.6 is 0 Å². The number of hydrogen-bond donors (Lipinski definition) is 1. The first-order valence-corrected chi connectivity index (χ1v) is 7.74. The number of halogens is 1. The quantitative estimate of drug-likeness (QED) is 0.784. The average Bonchev–Trinajstić information content (AvgIpc) is 3.02. The first kappa shape index (κ1) is 16.8. The van der Waals surface area contributed by atoms with Crippen molar-refractivity contribution in [3.05, 3.63) is 41.5 Å². The molecule has 1 aromatic carbocycles. The number of hydrogen-bond acceptors (Lipinski definition) is 5. The van der Waals surface area contributed by atoms with Gasteiger partial charge in [0.25, 0.3) is 5.95 Å². The number of aromatic carboxylic acids is 1. The minimum atomic E-state index is -1.09. The van der Waals surface area contributed by atoms with Crippen molar-refractivity contribution >= 4 is 22.7 Å². The summed E-state index contributed by atoms with van der Waals surface area (Å²) in [5, 5.41) is 13.7. The highest BCUT2D eigenvalue weighted by molar-refractivity contribution is 5.91. The van der Waals surface area contributed by atoms with Gasteiger partial charge in [-0.25, -0.2) is 18.9 Å². The maximum Gasteiger partial charge on any atom is 0.338 e. The van der Waals surface area contributed by atoms with Gasteiger partial charge in [0.1, 0.15) is 11.6 Å². The Kier molecular flexibility index (Phi) is 4.12. The number of anilines is 1. The lowest BCUT2D eigenvalue weighted by Gasteiger charge is -2.17. The molecule has 3 rings (SSSR count). The Balaban J connectivity index is 2.25. The Bertz CT molecular complexity index is 965. The Morgan fingerprint density at radius 1 is 1.28 bits per heavy atom. The molecule has 2 aromatic heterocycles. The van der Waals surface area contributed by atoms with Gasteiger partial charge in [0, 0.05) is 31.7 Å². The van der Waals surface area contributed by atoms with E-state index in [0.29, 0.717) is 16.9 Å². The zero-order chi connectivity index (χ0) is 18.3. The second kappa shape index (κ2) is 6.12. The second-order valence-corrected chi connectivity index (χ2v) is 6.27. The van der Waals surface area contributed by atoms with Gasteiger partial charge in [-0.3, -0.25) is 0 Å². The maximum atomic E-state index is 14.4. The molecule has 1 N–H and O–H groups in total. The van der Waals surface area contributed by atoms with Gasteiger partial charge >= 0.3 is 5.97 Å². The average molecular weight is 343 g/mol. The first-order valence-electron chi connectivity index (χ1n) is 7.74. The number of nitrogens with zero attached hydrogens (tertiary/aromatic N) is 5. The van der Waals surface area contributed by atoms with E-state index in [1.807, 2.05) is 27.9 Å². The maximum absolute atomic E-state index is 14.4. The van der Waals surface area contributed by atoms with Crippen LogP contribution in [-0.2, 0) is 0 Å². The van der Waals surface area contributed by atoms with E-state index in [9.17, 15) is 9.18 Å². The summed E-state index contributed by atoms with van der Waals surface area (Å²) in [6.07, 6.45) is 2.54. The molecule has 0 atom stereocenters. The van der Waals surface area contributed by atoms with E-state index in [1.165, 1.54) is 23.1 Å². The van der Waals surface area contributed by atoms with Gasteiger partial charge in [-0.1, -0.05) is 13.8 Å². The van der Waals surface area contributed by atoms with Crippen molar-refractivity contribution in [2.45, 2.75) is 19.8 Å². The van der Waals surface area contributed by atoms with E-state index in [2.05, 4.69) is 15.1 Å². The molecule has 0 saturated carbocycles. The minimum absolute atomic E-state index is 0.0245. The molecule has 0 aliphatic carbocycles. The third-order valence-corrected chi connectivity index (χ3v) is 3.86. The zero-order valence-electron chi connectivity index (χ0n) is 14.4. The molecule has 0 saturated heterocycles. The lowest BCUT2D eigenvalue weighted by molar-refractivity contribution is 0.0697. The van der Waals surface area contributed by atoms with Crippen LogP contribution in [0.3, 0.4) is 0 Å². The summed E-state index contributed by atoms with van der Waals surface area (Å²) >= 11 is 0. The molecule has 7 nitrogen and oxygen atoms in total. The lowest BCUT2D eigenvalue weighted by atomic mass is 10.0. The van der Waals surface area contributed by atoms with E-state index < -0.39 is 5.97 Å². The number of carbonyl (C=O) groups is 1. The van der Waals surface area contributed by atoms with Gasteiger partial charge in [0.15, 0.2) is 0 Å². The highest BCUT2D eigenvalue weighted by Gasteiger charge is 2.17. The number of carboxylic acids is 1. The van der Waals surface area contributed by atoms with Crippen LogP contribution in [0, 0.1) is 5.82 Å². The van der Waals surface area contributed by atoms with Crippen molar-refractivity contribution in [2.75, 3.05) is 19.0 Å². The van der Waals surface area contributed by atoms with Crippen LogP contribution in [0.2, 0.25) is 0 Å². The molecule has 0 unspecified atom stereocenters. The summed E-state index contributed by atoms with van der Waals surface area (Å²) in [5.41, 5.74) is 1.05. The molecule has 0 bridgehead atoms. The van der Waals surface area contributed by atoms with Crippen LogP contribution in [0.15, 0.2) is 24.5 Å². The molecule has 25 heavy (non-hydrogen) atoms. The summed E-state index contributed by atoms with van der Waals surface area (Å²) in [4.78, 5) is 21.7.